The van der Waals surface area contributed by atoms with Gasteiger partial charge in [0.25, 0.3) is 0 Å². The number of nitrogens with one attached hydrogen (secondary N) is 1. The summed E-state index contributed by atoms with van der Waals surface area (Å²) < 4.78 is 0. The molecule has 0 aliphatic carbocycles. The zero-order chi connectivity index (χ0) is 11.0. The molecule has 1 aromatic carbocycles. The van der Waals surface area contributed by atoms with Crippen molar-refractivity contribution in [3.05, 3.63) is 36.0 Å². The Bertz CT molecular complexity index is 488. The van der Waals surface area contributed by atoms with Gasteiger partial charge >= 0.3 is 0 Å². The number of H-pyrrole nitrogens is 1. The minimum Gasteiger partial charge on any atom is -0.374 e. The molecule has 0 atom stereocenters. The number of hydrogen-bond donors (Lipinski definition) is 1. The highest BCUT2D eigenvalue weighted by molar-refractivity contribution is 5.67. The van der Waals surface area contributed by atoms with Crippen LogP contribution >= 0.6 is 0 Å². The number of hydrogen-bond acceptors (Lipinski definition) is 2. The Balaban J connectivity index is 2.05. The number of nitrogens with zero attached hydrogens (tertiary/aromatic N) is 2. The van der Waals surface area contributed by atoms with Gasteiger partial charge in [-0.05, 0) is 42.2 Å². The van der Waals surface area contributed by atoms with Gasteiger partial charge in [0.2, 0.25) is 0 Å². The molecule has 1 aliphatic heterocycles. The van der Waals surface area contributed by atoms with E-state index in [-0.39, 0.29) is 0 Å². The summed E-state index contributed by atoms with van der Waals surface area (Å²) in [4.78, 5) is 2.33. The maximum Gasteiger partial charge on any atom is 0.0650 e. The highest BCUT2D eigenvalue weighted by Gasteiger charge is 2.14. The Labute approximate surface area is 95.1 Å². The third-order valence-electron chi connectivity index (χ3n) is 3.24. The van der Waals surface area contributed by atoms with E-state index < -0.39 is 0 Å². The van der Waals surface area contributed by atoms with Crippen LogP contribution in [-0.2, 0) is 6.42 Å². The molecule has 0 spiro atoms. The normalized spacial score (nSPS) is 14.9. The molecule has 0 fully saturated rings. The second-order valence-corrected chi connectivity index (χ2v) is 4.34. The van der Waals surface area contributed by atoms with Crippen molar-refractivity contribution in [2.45, 2.75) is 12.8 Å². The zero-order valence-corrected chi connectivity index (χ0v) is 9.40. The van der Waals surface area contributed by atoms with Gasteiger partial charge in [-0.3, -0.25) is 5.10 Å². The molecular formula is C13H15N3. The lowest BCUT2D eigenvalue weighted by Crippen LogP contribution is -2.24. The molecule has 3 rings (SSSR count). The van der Waals surface area contributed by atoms with E-state index in [9.17, 15) is 0 Å². The third-order valence-corrected chi connectivity index (χ3v) is 3.24. The van der Waals surface area contributed by atoms with Crippen LogP contribution in [0.15, 0.2) is 30.5 Å². The maximum absolute atomic E-state index is 3.99. The lowest BCUT2D eigenvalue weighted by Gasteiger charge is -2.27. The van der Waals surface area contributed by atoms with Gasteiger partial charge in [-0.2, -0.15) is 5.10 Å². The van der Waals surface area contributed by atoms with Crippen LogP contribution in [0.4, 0.5) is 5.69 Å². The van der Waals surface area contributed by atoms with Gasteiger partial charge in [0, 0.05) is 25.5 Å². The van der Waals surface area contributed by atoms with Crippen LogP contribution in [0.3, 0.4) is 0 Å². The third kappa shape index (κ3) is 1.48. The van der Waals surface area contributed by atoms with E-state index in [4.69, 9.17) is 0 Å². The SMILES string of the molecule is CN1CCCc2cc(-c3ccn[nH]3)ccc21. The van der Waals surface area contributed by atoms with Crippen molar-refractivity contribution in [1.29, 1.82) is 0 Å². The number of benzene rings is 1. The van der Waals surface area contributed by atoms with Crippen LogP contribution in [0.5, 0.6) is 0 Å². The molecular weight excluding hydrogens is 198 g/mol. The zero-order valence-electron chi connectivity index (χ0n) is 9.40. The van der Waals surface area contributed by atoms with Gasteiger partial charge < -0.3 is 4.90 Å². The van der Waals surface area contributed by atoms with Crippen LogP contribution in [0.1, 0.15) is 12.0 Å². The Hall–Kier alpha value is -1.77. The van der Waals surface area contributed by atoms with Crippen molar-refractivity contribution < 1.29 is 0 Å². The van der Waals surface area contributed by atoms with Crippen LogP contribution in [0.25, 0.3) is 11.3 Å². The Morgan fingerprint density at radius 1 is 1.31 bits per heavy atom. The molecule has 3 nitrogen and oxygen atoms in total. The number of anilines is 1. The molecule has 1 aromatic heterocycles. The number of aromatic amines is 1. The van der Waals surface area contributed by atoms with Gasteiger partial charge in [0.1, 0.15) is 0 Å². The largest absolute Gasteiger partial charge is 0.374 e. The van der Waals surface area contributed by atoms with Gasteiger partial charge in [0.15, 0.2) is 0 Å². The number of rotatable bonds is 1. The summed E-state index contributed by atoms with van der Waals surface area (Å²) in [6.07, 6.45) is 4.22. The van der Waals surface area contributed by atoms with Crippen molar-refractivity contribution in [1.82, 2.24) is 10.2 Å². The molecule has 0 bridgehead atoms. The van der Waals surface area contributed by atoms with Gasteiger partial charge in [0.05, 0.1) is 5.69 Å². The minimum absolute atomic E-state index is 1.09. The smallest absolute Gasteiger partial charge is 0.0650 e. The molecule has 1 N–H and O–H groups in total. The first kappa shape index (κ1) is 9.46. The summed E-state index contributed by atoms with van der Waals surface area (Å²) in [5.74, 6) is 0. The lowest BCUT2D eigenvalue weighted by molar-refractivity contribution is 0.745. The number of aromatic nitrogens is 2. The van der Waals surface area contributed by atoms with E-state index in [0.29, 0.717) is 0 Å². The molecule has 0 saturated heterocycles. The maximum atomic E-state index is 3.99. The van der Waals surface area contributed by atoms with Crippen molar-refractivity contribution >= 4 is 5.69 Å². The van der Waals surface area contributed by atoms with Gasteiger partial charge in [-0.25, -0.2) is 0 Å². The number of fused-ring (bicyclic) bond motifs is 1. The second kappa shape index (κ2) is 3.67. The van der Waals surface area contributed by atoms with Crippen molar-refractivity contribution in [2.75, 3.05) is 18.5 Å². The average molecular weight is 213 g/mol. The van der Waals surface area contributed by atoms with Gasteiger partial charge in [-0.15, -0.1) is 0 Å². The predicted molar refractivity (Wildman–Crippen MR) is 65.6 cm³/mol. The Morgan fingerprint density at radius 2 is 2.25 bits per heavy atom. The molecule has 16 heavy (non-hydrogen) atoms. The number of aryl methyl sites for hydroxylation is 1. The van der Waals surface area contributed by atoms with E-state index in [1.54, 1.807) is 6.20 Å². The van der Waals surface area contributed by atoms with E-state index in [1.807, 2.05) is 6.07 Å². The van der Waals surface area contributed by atoms with E-state index in [0.717, 1.165) is 12.2 Å². The van der Waals surface area contributed by atoms with Crippen LogP contribution < -0.4 is 4.90 Å². The summed E-state index contributed by atoms with van der Waals surface area (Å²) >= 11 is 0. The molecule has 82 valence electrons. The summed E-state index contributed by atoms with van der Waals surface area (Å²) in [5.41, 5.74) is 5.14. The topological polar surface area (TPSA) is 31.9 Å². The van der Waals surface area contributed by atoms with E-state index in [1.165, 1.54) is 29.7 Å². The molecule has 0 radical (unpaired) electrons. The summed E-state index contributed by atoms with van der Waals surface area (Å²) in [7, 11) is 2.16. The Morgan fingerprint density at radius 3 is 3.06 bits per heavy atom. The molecule has 0 saturated carbocycles. The van der Waals surface area contributed by atoms with Crippen molar-refractivity contribution in [2.24, 2.45) is 0 Å². The summed E-state index contributed by atoms with van der Waals surface area (Å²) in [5, 5.41) is 7.00. The molecule has 3 heteroatoms. The van der Waals surface area contributed by atoms with E-state index in [2.05, 4.69) is 40.3 Å². The molecule has 2 aromatic rings. The molecule has 1 aliphatic rings. The first-order valence-electron chi connectivity index (χ1n) is 5.68. The Kier molecular flexibility index (Phi) is 2.17. The average Bonchev–Trinajstić information content (AvgIpc) is 2.82. The lowest BCUT2D eigenvalue weighted by atomic mass is 9.98. The van der Waals surface area contributed by atoms with Crippen LogP contribution in [0.2, 0.25) is 0 Å². The van der Waals surface area contributed by atoms with Crippen molar-refractivity contribution in [3.63, 3.8) is 0 Å². The first-order chi connectivity index (χ1) is 7.84. The summed E-state index contributed by atoms with van der Waals surface area (Å²) in [6, 6.07) is 8.66. The fourth-order valence-electron chi connectivity index (χ4n) is 2.37. The van der Waals surface area contributed by atoms with Crippen molar-refractivity contribution in [3.8, 4) is 11.3 Å². The minimum atomic E-state index is 1.09. The highest BCUT2D eigenvalue weighted by atomic mass is 15.1. The highest BCUT2D eigenvalue weighted by Crippen LogP contribution is 2.29. The van der Waals surface area contributed by atoms with Crippen LogP contribution in [0, 0.1) is 0 Å². The summed E-state index contributed by atoms with van der Waals surface area (Å²) in [6.45, 7) is 1.16. The second-order valence-electron chi connectivity index (χ2n) is 4.34. The first-order valence-corrected chi connectivity index (χ1v) is 5.68. The fraction of sp³-hybridized carbons (Fsp3) is 0.308. The molecule has 0 amide bonds. The molecule has 0 unspecified atom stereocenters. The fourth-order valence-corrected chi connectivity index (χ4v) is 2.37. The standard InChI is InChI=1S/C13H15N3/c1-16-8-2-3-11-9-10(4-5-13(11)16)12-6-7-14-15-12/h4-7,9H,2-3,8H2,1H3,(H,14,15). The molecule has 2 heterocycles. The monoisotopic (exact) mass is 213 g/mol. The predicted octanol–water partition coefficient (Wildman–Crippen LogP) is 2.46. The van der Waals surface area contributed by atoms with E-state index >= 15 is 0 Å². The quantitative estimate of drug-likeness (QED) is 0.789. The van der Waals surface area contributed by atoms with Gasteiger partial charge in [-0.1, -0.05) is 6.07 Å². The van der Waals surface area contributed by atoms with Crippen LogP contribution in [-0.4, -0.2) is 23.8 Å².